The number of hydrogen-bond acceptors (Lipinski definition) is 6. The van der Waals surface area contributed by atoms with Crippen LogP contribution in [0.2, 0.25) is 0 Å². The molecule has 1 fully saturated rings. The van der Waals surface area contributed by atoms with Crippen LogP contribution in [0, 0.1) is 0 Å². The van der Waals surface area contributed by atoms with Crippen molar-refractivity contribution in [3.8, 4) is 0 Å². The minimum absolute atomic E-state index is 0.146. The Bertz CT molecular complexity index is 720. The molecular weight excluding hydrogens is 339 g/mol. The van der Waals surface area contributed by atoms with Gasteiger partial charge in [0.25, 0.3) is 5.89 Å². The van der Waals surface area contributed by atoms with E-state index >= 15 is 0 Å². The van der Waals surface area contributed by atoms with Gasteiger partial charge >= 0.3 is 6.18 Å². The number of hydrogen-bond donors (Lipinski definition) is 1. The number of likely N-dealkylation sites (tertiary alicyclic amines) is 1. The lowest BCUT2D eigenvalue weighted by atomic mass is 9.97. The van der Waals surface area contributed by atoms with Crippen LogP contribution in [-0.2, 0) is 24.1 Å². The maximum atomic E-state index is 13.3. The van der Waals surface area contributed by atoms with Gasteiger partial charge in [0.05, 0.1) is 18.2 Å². The molecule has 0 spiro atoms. The summed E-state index contributed by atoms with van der Waals surface area (Å²) in [5.41, 5.74) is -0.542. The Morgan fingerprint density at radius 2 is 2.12 bits per heavy atom. The van der Waals surface area contributed by atoms with Gasteiger partial charge in [0, 0.05) is 19.7 Å². The molecule has 6 nitrogen and oxygen atoms in total. The zero-order valence-electron chi connectivity index (χ0n) is 13.5. The molecule has 0 saturated carbocycles. The molecule has 0 radical (unpaired) electrons. The minimum Gasteiger partial charge on any atom is -0.392 e. The van der Waals surface area contributed by atoms with E-state index in [0.717, 1.165) is 6.07 Å². The Labute approximate surface area is 142 Å². The highest BCUT2D eigenvalue weighted by molar-refractivity contribution is 5.33. The van der Waals surface area contributed by atoms with Gasteiger partial charge in [0.15, 0.2) is 5.82 Å². The molecule has 1 aromatic heterocycles. The molecule has 0 unspecified atom stereocenters. The molecule has 1 N–H and O–H groups in total. The molecule has 1 aromatic carbocycles. The Balaban J connectivity index is 1.85. The lowest BCUT2D eigenvalue weighted by Crippen LogP contribution is -2.26. The fourth-order valence-corrected chi connectivity index (χ4v) is 3.14. The number of β-amino-alcohol motifs (C(OH)–C–C–N with tert-alkyl or cyclic N) is 1. The topological polar surface area (TPSA) is 71.6 Å². The number of aliphatic hydroxyl groups is 1. The third-order valence-electron chi connectivity index (χ3n) is 4.13. The second-order valence-electron chi connectivity index (χ2n) is 5.96. The highest BCUT2D eigenvalue weighted by atomic mass is 19.4. The summed E-state index contributed by atoms with van der Waals surface area (Å²) >= 11 is 0. The second-order valence-corrected chi connectivity index (χ2v) is 5.96. The number of ether oxygens (including phenoxy) is 1. The predicted molar refractivity (Wildman–Crippen MR) is 80.2 cm³/mol. The zero-order chi connectivity index (χ0) is 18.0. The molecular formula is C16H18F3N3O3. The first-order valence-corrected chi connectivity index (χ1v) is 7.77. The average Bonchev–Trinajstić information content (AvgIpc) is 3.14. The Hall–Kier alpha value is -1.97. The Morgan fingerprint density at radius 3 is 2.84 bits per heavy atom. The van der Waals surface area contributed by atoms with Gasteiger partial charge in [0.1, 0.15) is 6.61 Å². The summed E-state index contributed by atoms with van der Waals surface area (Å²) in [6.07, 6.45) is -4.94. The molecule has 2 aromatic rings. The van der Waals surface area contributed by atoms with Crippen molar-refractivity contribution in [2.24, 2.45) is 0 Å². The molecule has 9 heteroatoms. The van der Waals surface area contributed by atoms with E-state index in [2.05, 4.69) is 10.1 Å². The highest BCUT2D eigenvalue weighted by Gasteiger charge is 2.40. The van der Waals surface area contributed by atoms with E-state index < -0.39 is 23.9 Å². The lowest BCUT2D eigenvalue weighted by Gasteiger charge is -2.25. The van der Waals surface area contributed by atoms with Gasteiger partial charge in [-0.2, -0.15) is 18.2 Å². The third kappa shape index (κ3) is 4.00. The van der Waals surface area contributed by atoms with E-state index in [-0.39, 0.29) is 31.7 Å². The standard InChI is InChI=1S/C16H18F3N3O3/c1-24-9-15-20-14(21-25-15)8-22-7-10(23)6-13(22)11-4-2-3-5-12(11)16(17,18)19/h2-5,10,13,23H,6-9H2,1H3/t10-,13-/m0/s1. The minimum atomic E-state index is -4.45. The SMILES string of the molecule is COCc1nc(CN2C[C@@H](O)C[C@H]2c2ccccc2C(F)(F)F)no1. The highest BCUT2D eigenvalue weighted by Crippen LogP contribution is 2.40. The van der Waals surface area contributed by atoms with Gasteiger partial charge in [-0.25, -0.2) is 0 Å². The molecule has 0 bridgehead atoms. The molecule has 2 heterocycles. The maximum Gasteiger partial charge on any atom is 0.416 e. The van der Waals surface area contributed by atoms with Crippen LogP contribution >= 0.6 is 0 Å². The Morgan fingerprint density at radius 1 is 1.36 bits per heavy atom. The lowest BCUT2D eigenvalue weighted by molar-refractivity contribution is -0.138. The average molecular weight is 357 g/mol. The predicted octanol–water partition coefficient (Wildman–Crippen LogP) is 2.54. The van der Waals surface area contributed by atoms with Crippen LogP contribution in [-0.4, -0.2) is 39.9 Å². The number of halogens is 3. The number of benzene rings is 1. The van der Waals surface area contributed by atoms with E-state index in [0.29, 0.717) is 11.7 Å². The molecule has 136 valence electrons. The van der Waals surface area contributed by atoms with Crippen molar-refractivity contribution in [1.29, 1.82) is 0 Å². The fourth-order valence-electron chi connectivity index (χ4n) is 3.14. The molecule has 1 saturated heterocycles. The van der Waals surface area contributed by atoms with Gasteiger partial charge < -0.3 is 14.4 Å². The second kappa shape index (κ2) is 7.11. The molecule has 2 atom stereocenters. The number of aliphatic hydroxyl groups excluding tert-OH is 1. The molecule has 1 aliphatic rings. The molecule has 0 amide bonds. The van der Waals surface area contributed by atoms with Gasteiger partial charge in [-0.3, -0.25) is 4.90 Å². The van der Waals surface area contributed by atoms with E-state index in [9.17, 15) is 18.3 Å². The van der Waals surface area contributed by atoms with Crippen molar-refractivity contribution >= 4 is 0 Å². The number of rotatable bonds is 5. The Kier molecular flexibility index (Phi) is 5.07. The molecule has 25 heavy (non-hydrogen) atoms. The molecule has 0 aliphatic carbocycles. The third-order valence-corrected chi connectivity index (χ3v) is 4.13. The number of aromatic nitrogens is 2. The van der Waals surface area contributed by atoms with Gasteiger partial charge in [-0.15, -0.1) is 0 Å². The zero-order valence-corrected chi connectivity index (χ0v) is 13.5. The van der Waals surface area contributed by atoms with Crippen LogP contribution in [0.1, 0.15) is 35.3 Å². The molecule has 3 rings (SSSR count). The van der Waals surface area contributed by atoms with Crippen LogP contribution in [0.15, 0.2) is 28.8 Å². The summed E-state index contributed by atoms with van der Waals surface area (Å²) in [7, 11) is 1.49. The van der Waals surface area contributed by atoms with Crippen molar-refractivity contribution < 1.29 is 27.5 Å². The summed E-state index contributed by atoms with van der Waals surface area (Å²) in [4.78, 5) is 5.87. The van der Waals surface area contributed by atoms with Crippen LogP contribution in [0.25, 0.3) is 0 Å². The largest absolute Gasteiger partial charge is 0.416 e. The smallest absolute Gasteiger partial charge is 0.392 e. The van der Waals surface area contributed by atoms with Crippen LogP contribution in [0.3, 0.4) is 0 Å². The van der Waals surface area contributed by atoms with E-state index in [1.165, 1.54) is 19.2 Å². The quantitative estimate of drug-likeness (QED) is 0.887. The maximum absolute atomic E-state index is 13.3. The van der Waals surface area contributed by atoms with E-state index in [1.807, 2.05) is 0 Å². The van der Waals surface area contributed by atoms with Crippen molar-refractivity contribution in [2.45, 2.75) is 37.9 Å². The first-order valence-electron chi connectivity index (χ1n) is 7.77. The normalized spacial score (nSPS) is 21.8. The van der Waals surface area contributed by atoms with Crippen molar-refractivity contribution in [3.05, 3.63) is 47.1 Å². The van der Waals surface area contributed by atoms with Gasteiger partial charge in [-0.05, 0) is 18.1 Å². The van der Waals surface area contributed by atoms with Gasteiger partial charge in [0.2, 0.25) is 0 Å². The number of methoxy groups -OCH3 is 1. The van der Waals surface area contributed by atoms with Crippen LogP contribution in [0.4, 0.5) is 13.2 Å². The van der Waals surface area contributed by atoms with E-state index in [4.69, 9.17) is 9.26 Å². The summed E-state index contributed by atoms with van der Waals surface area (Å²) in [6, 6.07) is 4.86. The van der Waals surface area contributed by atoms with Crippen molar-refractivity contribution in [1.82, 2.24) is 15.0 Å². The first kappa shape index (κ1) is 17.8. The summed E-state index contributed by atoms with van der Waals surface area (Å²) in [6.45, 7) is 0.585. The van der Waals surface area contributed by atoms with Crippen molar-refractivity contribution in [2.75, 3.05) is 13.7 Å². The molecule has 1 aliphatic heterocycles. The number of alkyl halides is 3. The van der Waals surface area contributed by atoms with Crippen LogP contribution in [0.5, 0.6) is 0 Å². The summed E-state index contributed by atoms with van der Waals surface area (Å²) < 4.78 is 49.8. The first-order chi connectivity index (χ1) is 11.9. The summed E-state index contributed by atoms with van der Waals surface area (Å²) in [5.74, 6) is 0.639. The van der Waals surface area contributed by atoms with Gasteiger partial charge in [-0.1, -0.05) is 23.4 Å². The number of nitrogens with zero attached hydrogens (tertiary/aromatic N) is 3. The van der Waals surface area contributed by atoms with Crippen LogP contribution < -0.4 is 0 Å². The summed E-state index contributed by atoms with van der Waals surface area (Å²) in [5, 5.41) is 13.8. The fraction of sp³-hybridized carbons (Fsp3) is 0.500. The van der Waals surface area contributed by atoms with Crippen molar-refractivity contribution in [3.63, 3.8) is 0 Å². The monoisotopic (exact) mass is 357 g/mol. The van der Waals surface area contributed by atoms with E-state index in [1.54, 1.807) is 11.0 Å².